The van der Waals surface area contributed by atoms with E-state index in [9.17, 15) is 24.3 Å². The molecule has 1 aliphatic carbocycles. The second-order valence-electron chi connectivity index (χ2n) is 9.22. The van der Waals surface area contributed by atoms with Crippen LogP contribution in [0.5, 0.6) is 5.88 Å². The fourth-order valence-corrected chi connectivity index (χ4v) is 4.56. The lowest BCUT2D eigenvalue weighted by Crippen LogP contribution is -2.46. The van der Waals surface area contributed by atoms with Gasteiger partial charge in [0.1, 0.15) is 16.9 Å². The lowest BCUT2D eigenvalue weighted by molar-refractivity contribution is -0.130. The molecule has 3 amide bonds. The van der Waals surface area contributed by atoms with Gasteiger partial charge in [-0.1, -0.05) is 13.3 Å². The first kappa shape index (κ1) is 23.6. The van der Waals surface area contributed by atoms with Crippen LogP contribution in [0.3, 0.4) is 0 Å². The van der Waals surface area contributed by atoms with Crippen molar-refractivity contribution in [3.8, 4) is 5.88 Å². The maximum Gasteiger partial charge on any atom is 0.334 e. The summed E-state index contributed by atoms with van der Waals surface area (Å²) in [5, 5.41) is 20.8. The largest absolute Gasteiger partial charge is 0.494 e. The van der Waals surface area contributed by atoms with Gasteiger partial charge in [-0.3, -0.25) is 29.0 Å². The van der Waals surface area contributed by atoms with Gasteiger partial charge in [-0.05, 0) is 51.9 Å². The second-order valence-corrected chi connectivity index (χ2v) is 9.22. The molecule has 1 saturated heterocycles. The summed E-state index contributed by atoms with van der Waals surface area (Å²) in [5.41, 5.74) is 2.91. The van der Waals surface area contributed by atoms with Crippen molar-refractivity contribution < 1.29 is 14.7 Å². The lowest BCUT2D eigenvalue weighted by Gasteiger charge is -2.31. The van der Waals surface area contributed by atoms with Crippen LogP contribution in [0.1, 0.15) is 70.9 Å². The number of nitrogen functional groups attached to an aromatic ring is 1. The number of hydrogen-bond donors (Lipinski definition) is 4. The molecule has 2 heterocycles. The average molecular weight is 449 g/mol. The summed E-state index contributed by atoms with van der Waals surface area (Å²) in [6.07, 6.45) is 3.66. The van der Waals surface area contributed by atoms with Gasteiger partial charge in [-0.15, -0.1) is 0 Å². The number of nitrogens with two attached hydrogens (primary N) is 1. The van der Waals surface area contributed by atoms with E-state index in [0.717, 1.165) is 15.6 Å². The Morgan fingerprint density at radius 2 is 1.81 bits per heavy atom. The van der Waals surface area contributed by atoms with Crippen LogP contribution >= 0.6 is 0 Å². The molecule has 11 heteroatoms. The maximum atomic E-state index is 13.1. The number of urea groups is 1. The van der Waals surface area contributed by atoms with Crippen LogP contribution in [-0.4, -0.2) is 49.0 Å². The zero-order valence-corrected chi connectivity index (χ0v) is 18.8. The molecule has 0 bridgehead atoms. The van der Waals surface area contributed by atoms with Crippen LogP contribution in [-0.2, 0) is 11.3 Å². The molecule has 3 rings (SSSR count). The molecule has 2 fully saturated rings. The number of aromatic hydroxyl groups is 1. The zero-order chi connectivity index (χ0) is 23.8. The van der Waals surface area contributed by atoms with Crippen LogP contribution in [0, 0.1) is 11.3 Å². The van der Waals surface area contributed by atoms with Crippen molar-refractivity contribution in [1.29, 1.82) is 5.41 Å². The van der Waals surface area contributed by atoms with E-state index < -0.39 is 40.6 Å². The van der Waals surface area contributed by atoms with Crippen molar-refractivity contribution in [2.75, 3.05) is 6.54 Å². The quantitative estimate of drug-likeness (QED) is 0.274. The standard InChI is InChI=1S/C21H32N6O5/c1-4-5-10-25-16(28)14(15(22)23)17(29)27(20(25)32)13-8-6-12(7-9-13)11-26-18(30)21(2,3)24-19(26)31/h12-13,28H,4-11H2,1-3H3,(H3,22,23)(H,24,31). The Morgan fingerprint density at radius 3 is 2.31 bits per heavy atom. The molecule has 176 valence electrons. The summed E-state index contributed by atoms with van der Waals surface area (Å²) in [4.78, 5) is 51.9. The minimum atomic E-state index is -0.916. The second kappa shape index (κ2) is 8.79. The predicted molar refractivity (Wildman–Crippen MR) is 118 cm³/mol. The van der Waals surface area contributed by atoms with Gasteiger partial charge in [-0.2, -0.15) is 0 Å². The topological polar surface area (TPSA) is 164 Å². The van der Waals surface area contributed by atoms with E-state index in [-0.39, 0.29) is 23.9 Å². The maximum absolute atomic E-state index is 13.1. The SMILES string of the molecule is CCCCn1c(O)c(C(=N)N)c(=O)n(C2CCC(CN3C(=O)NC(C)(C)C3=O)CC2)c1=O. The van der Waals surface area contributed by atoms with Crippen LogP contribution < -0.4 is 22.3 Å². The molecule has 5 N–H and O–H groups in total. The van der Waals surface area contributed by atoms with Crippen molar-refractivity contribution in [2.24, 2.45) is 11.7 Å². The third kappa shape index (κ3) is 4.15. The molecule has 2 aliphatic rings. The lowest BCUT2D eigenvalue weighted by atomic mass is 9.85. The molecule has 1 aromatic rings. The van der Waals surface area contributed by atoms with E-state index in [1.807, 2.05) is 6.92 Å². The zero-order valence-electron chi connectivity index (χ0n) is 18.8. The van der Waals surface area contributed by atoms with Gasteiger partial charge in [0.05, 0.1) is 0 Å². The Balaban J connectivity index is 1.82. The van der Waals surface area contributed by atoms with E-state index in [1.165, 1.54) is 4.90 Å². The number of rotatable bonds is 7. The highest BCUT2D eigenvalue weighted by atomic mass is 16.3. The molecule has 1 saturated carbocycles. The van der Waals surface area contributed by atoms with Gasteiger partial charge in [0, 0.05) is 19.1 Å². The van der Waals surface area contributed by atoms with Crippen molar-refractivity contribution in [3.63, 3.8) is 0 Å². The van der Waals surface area contributed by atoms with Crippen LogP contribution in [0.15, 0.2) is 9.59 Å². The van der Waals surface area contributed by atoms with E-state index >= 15 is 0 Å². The van der Waals surface area contributed by atoms with Gasteiger partial charge < -0.3 is 16.2 Å². The third-order valence-corrected chi connectivity index (χ3v) is 6.42. The van der Waals surface area contributed by atoms with Crippen LogP contribution in [0.25, 0.3) is 0 Å². The van der Waals surface area contributed by atoms with E-state index in [0.29, 0.717) is 38.6 Å². The molecule has 0 aromatic carbocycles. The Labute approximate surface area is 185 Å². The summed E-state index contributed by atoms with van der Waals surface area (Å²) < 4.78 is 2.22. The van der Waals surface area contributed by atoms with E-state index in [2.05, 4.69) is 5.32 Å². The summed E-state index contributed by atoms with van der Waals surface area (Å²) in [6.45, 7) is 5.79. The van der Waals surface area contributed by atoms with Gasteiger partial charge in [0.15, 0.2) is 0 Å². The number of amides is 3. The van der Waals surface area contributed by atoms with Gasteiger partial charge in [-0.25, -0.2) is 9.59 Å². The van der Waals surface area contributed by atoms with Crippen molar-refractivity contribution in [3.05, 3.63) is 26.4 Å². The van der Waals surface area contributed by atoms with Crippen molar-refractivity contribution in [1.82, 2.24) is 19.4 Å². The highest BCUT2D eigenvalue weighted by Crippen LogP contribution is 2.32. The number of amidine groups is 1. The van der Waals surface area contributed by atoms with Crippen molar-refractivity contribution >= 4 is 17.8 Å². The number of imide groups is 1. The monoisotopic (exact) mass is 448 g/mol. The number of carbonyl (C=O) groups is 2. The first-order valence-corrected chi connectivity index (χ1v) is 11.1. The van der Waals surface area contributed by atoms with E-state index in [1.54, 1.807) is 13.8 Å². The molecule has 1 aromatic heterocycles. The fourth-order valence-electron chi connectivity index (χ4n) is 4.56. The fraction of sp³-hybridized carbons (Fsp3) is 0.667. The minimum Gasteiger partial charge on any atom is -0.494 e. The van der Waals surface area contributed by atoms with Gasteiger partial charge in [0.2, 0.25) is 5.88 Å². The highest BCUT2D eigenvalue weighted by molar-refractivity contribution is 6.06. The highest BCUT2D eigenvalue weighted by Gasteiger charge is 2.45. The minimum absolute atomic E-state index is 0.0669. The summed E-state index contributed by atoms with van der Waals surface area (Å²) in [5.74, 6) is -1.34. The molecule has 32 heavy (non-hydrogen) atoms. The summed E-state index contributed by atoms with van der Waals surface area (Å²) in [7, 11) is 0. The molecule has 0 atom stereocenters. The number of carbonyl (C=O) groups excluding carboxylic acids is 2. The number of unbranched alkanes of at least 4 members (excludes halogenated alkanes) is 1. The first-order valence-electron chi connectivity index (χ1n) is 11.1. The number of nitrogens with one attached hydrogen (secondary N) is 2. The Morgan fingerprint density at radius 1 is 1.19 bits per heavy atom. The third-order valence-electron chi connectivity index (χ3n) is 6.42. The number of aromatic nitrogens is 2. The van der Waals surface area contributed by atoms with Crippen LogP contribution in [0.4, 0.5) is 4.79 Å². The molecular formula is C21H32N6O5. The molecule has 0 unspecified atom stereocenters. The van der Waals surface area contributed by atoms with Crippen LogP contribution in [0.2, 0.25) is 0 Å². The van der Waals surface area contributed by atoms with Gasteiger partial charge >= 0.3 is 11.7 Å². The Hall–Kier alpha value is -3.11. The smallest absolute Gasteiger partial charge is 0.334 e. The molecule has 1 aliphatic heterocycles. The number of nitrogens with zero attached hydrogens (tertiary/aromatic N) is 3. The Bertz CT molecular complexity index is 1050. The van der Waals surface area contributed by atoms with Crippen molar-refractivity contribution in [2.45, 2.75) is 77.4 Å². The van der Waals surface area contributed by atoms with Gasteiger partial charge in [0.25, 0.3) is 11.5 Å². The summed E-state index contributed by atoms with van der Waals surface area (Å²) in [6, 6.07) is -0.806. The first-order chi connectivity index (χ1) is 15.0. The average Bonchev–Trinajstić information content (AvgIpc) is 2.90. The molecular weight excluding hydrogens is 416 g/mol. The van der Waals surface area contributed by atoms with E-state index in [4.69, 9.17) is 11.1 Å². The Kier molecular flexibility index (Phi) is 6.47. The predicted octanol–water partition coefficient (Wildman–Crippen LogP) is 0.861. The normalized spacial score (nSPS) is 22.8. The molecule has 0 radical (unpaired) electrons. The number of hydrogen-bond acceptors (Lipinski definition) is 6. The summed E-state index contributed by atoms with van der Waals surface area (Å²) >= 11 is 0. The molecule has 11 nitrogen and oxygen atoms in total. The molecule has 0 spiro atoms.